The number of nitrogens with one attached hydrogen (secondary N) is 1. The van der Waals surface area contributed by atoms with Crippen molar-refractivity contribution < 1.29 is 18.3 Å². The third-order valence-corrected chi connectivity index (χ3v) is 7.26. The zero-order chi connectivity index (χ0) is 20.2. The van der Waals surface area contributed by atoms with E-state index >= 15 is 0 Å². The molecule has 0 spiro atoms. The minimum atomic E-state index is -3.46. The van der Waals surface area contributed by atoms with Crippen molar-refractivity contribution in [2.24, 2.45) is 0 Å². The van der Waals surface area contributed by atoms with E-state index in [0.29, 0.717) is 25.2 Å². The van der Waals surface area contributed by atoms with Gasteiger partial charge >= 0.3 is 0 Å². The highest BCUT2D eigenvalue weighted by Gasteiger charge is 2.42. The lowest BCUT2D eigenvalue weighted by atomic mass is 9.76. The molecule has 2 atom stereocenters. The number of benzene rings is 2. The highest BCUT2D eigenvalue weighted by molar-refractivity contribution is 7.90. The van der Waals surface area contributed by atoms with Gasteiger partial charge in [0.2, 0.25) is 10.0 Å². The average Bonchev–Trinajstić information content (AvgIpc) is 2.69. The lowest BCUT2D eigenvalue weighted by Crippen LogP contribution is -2.53. The van der Waals surface area contributed by atoms with Crippen LogP contribution in [0.4, 0.5) is 0 Å². The molecule has 0 radical (unpaired) electrons. The van der Waals surface area contributed by atoms with E-state index in [1.807, 2.05) is 54.6 Å². The Kier molecular flexibility index (Phi) is 6.43. The molecule has 152 valence electrons. The minimum Gasteiger partial charge on any atom is -0.489 e. The Bertz CT molecular complexity index is 865. The van der Waals surface area contributed by atoms with Crippen molar-refractivity contribution >= 4 is 10.0 Å². The molecular formula is C22H29NO4S. The van der Waals surface area contributed by atoms with E-state index in [4.69, 9.17) is 4.74 Å². The van der Waals surface area contributed by atoms with Crippen molar-refractivity contribution in [3.63, 3.8) is 0 Å². The fraction of sp³-hybridized carbons (Fsp3) is 0.455. The van der Waals surface area contributed by atoms with E-state index in [0.717, 1.165) is 24.0 Å². The van der Waals surface area contributed by atoms with Crippen molar-refractivity contribution in [1.29, 1.82) is 0 Å². The number of rotatable bonds is 7. The van der Waals surface area contributed by atoms with Crippen LogP contribution >= 0.6 is 0 Å². The standard InChI is InChI=1S/C22H29NO4S/c1-17(2)28(25,26)23-21-10-6-7-15-22(21,24)19-11-13-20(14-12-19)27-16-18-8-4-3-5-9-18/h3-5,8-9,11-14,17,21,23-24H,6-7,10,15-16H2,1-2H3/t21-,22-/m0/s1. The Morgan fingerprint density at radius 2 is 1.79 bits per heavy atom. The number of hydrogen-bond acceptors (Lipinski definition) is 4. The summed E-state index contributed by atoms with van der Waals surface area (Å²) in [5.41, 5.74) is 0.592. The van der Waals surface area contributed by atoms with Crippen LogP contribution < -0.4 is 9.46 Å². The number of aliphatic hydroxyl groups is 1. The Balaban J connectivity index is 1.74. The van der Waals surface area contributed by atoms with Gasteiger partial charge in [-0.1, -0.05) is 55.3 Å². The van der Waals surface area contributed by atoms with Crippen LogP contribution in [0.3, 0.4) is 0 Å². The van der Waals surface area contributed by atoms with Gasteiger partial charge in [-0.2, -0.15) is 0 Å². The average molecular weight is 404 g/mol. The maximum absolute atomic E-state index is 12.3. The van der Waals surface area contributed by atoms with E-state index in [2.05, 4.69) is 4.72 Å². The van der Waals surface area contributed by atoms with Crippen LogP contribution in [-0.4, -0.2) is 24.8 Å². The normalized spacial score (nSPS) is 22.9. The largest absolute Gasteiger partial charge is 0.489 e. The van der Waals surface area contributed by atoms with Crippen LogP contribution in [0.15, 0.2) is 54.6 Å². The summed E-state index contributed by atoms with van der Waals surface area (Å²) in [4.78, 5) is 0. The zero-order valence-electron chi connectivity index (χ0n) is 16.5. The van der Waals surface area contributed by atoms with Gasteiger partial charge < -0.3 is 9.84 Å². The quantitative estimate of drug-likeness (QED) is 0.739. The van der Waals surface area contributed by atoms with Gasteiger partial charge in [0, 0.05) is 0 Å². The van der Waals surface area contributed by atoms with Gasteiger partial charge in [-0.05, 0) is 49.9 Å². The summed E-state index contributed by atoms with van der Waals surface area (Å²) in [7, 11) is -3.46. The van der Waals surface area contributed by atoms with E-state index in [9.17, 15) is 13.5 Å². The Morgan fingerprint density at radius 3 is 2.43 bits per heavy atom. The fourth-order valence-corrected chi connectivity index (χ4v) is 4.55. The van der Waals surface area contributed by atoms with Gasteiger partial charge in [0.05, 0.1) is 11.3 Å². The molecule has 2 aromatic rings. The Morgan fingerprint density at radius 1 is 1.11 bits per heavy atom. The summed E-state index contributed by atoms with van der Waals surface area (Å²) in [5, 5.41) is 10.8. The first-order valence-corrected chi connectivity index (χ1v) is 11.4. The van der Waals surface area contributed by atoms with Crippen LogP contribution in [-0.2, 0) is 22.2 Å². The molecule has 0 bridgehead atoms. The molecule has 2 aromatic carbocycles. The predicted molar refractivity (Wildman–Crippen MR) is 111 cm³/mol. The van der Waals surface area contributed by atoms with Gasteiger partial charge in [-0.3, -0.25) is 0 Å². The van der Waals surface area contributed by atoms with Crippen LogP contribution in [0.2, 0.25) is 0 Å². The second kappa shape index (κ2) is 8.64. The molecule has 0 saturated heterocycles. The Labute approximate surface area is 167 Å². The van der Waals surface area contributed by atoms with Crippen molar-refractivity contribution in [1.82, 2.24) is 4.72 Å². The van der Waals surface area contributed by atoms with Crippen LogP contribution in [0.25, 0.3) is 0 Å². The molecule has 28 heavy (non-hydrogen) atoms. The summed E-state index contributed by atoms with van der Waals surface area (Å²) in [6.45, 7) is 3.76. The van der Waals surface area contributed by atoms with Gasteiger partial charge in [0.25, 0.3) is 0 Å². The highest BCUT2D eigenvalue weighted by atomic mass is 32.2. The maximum Gasteiger partial charge on any atom is 0.214 e. The molecule has 1 fully saturated rings. The molecule has 0 amide bonds. The monoisotopic (exact) mass is 403 g/mol. The topological polar surface area (TPSA) is 75.6 Å². The molecule has 3 rings (SSSR count). The minimum absolute atomic E-state index is 0.473. The molecule has 1 aliphatic rings. The van der Waals surface area contributed by atoms with E-state index in [-0.39, 0.29) is 0 Å². The van der Waals surface area contributed by atoms with Crippen LogP contribution in [0.1, 0.15) is 50.7 Å². The number of hydrogen-bond donors (Lipinski definition) is 2. The SMILES string of the molecule is CC(C)S(=O)(=O)N[C@H]1CCCC[C@]1(O)c1ccc(OCc2ccccc2)cc1. The van der Waals surface area contributed by atoms with E-state index < -0.39 is 26.9 Å². The van der Waals surface area contributed by atoms with Gasteiger partial charge in [-0.25, -0.2) is 13.1 Å². The third-order valence-electron chi connectivity index (χ3n) is 5.41. The molecule has 1 aliphatic carbocycles. The first-order chi connectivity index (χ1) is 13.3. The zero-order valence-corrected chi connectivity index (χ0v) is 17.3. The highest BCUT2D eigenvalue weighted by Crippen LogP contribution is 2.38. The van der Waals surface area contributed by atoms with Crippen LogP contribution in [0.5, 0.6) is 5.75 Å². The van der Waals surface area contributed by atoms with Crippen molar-refractivity contribution in [3.05, 3.63) is 65.7 Å². The lowest BCUT2D eigenvalue weighted by molar-refractivity contribution is -0.0250. The molecule has 2 N–H and O–H groups in total. The second-order valence-corrected chi connectivity index (χ2v) is 10.0. The van der Waals surface area contributed by atoms with Gasteiger partial charge in [-0.15, -0.1) is 0 Å². The van der Waals surface area contributed by atoms with Crippen molar-refractivity contribution in [2.75, 3.05) is 0 Å². The number of ether oxygens (including phenoxy) is 1. The summed E-state index contributed by atoms with van der Waals surface area (Å²) in [6.07, 6.45) is 2.91. The first-order valence-electron chi connectivity index (χ1n) is 9.82. The van der Waals surface area contributed by atoms with Crippen LogP contribution in [0, 0.1) is 0 Å². The molecule has 0 aromatic heterocycles. The Hall–Kier alpha value is -1.89. The van der Waals surface area contributed by atoms with E-state index in [1.165, 1.54) is 0 Å². The molecule has 0 unspecified atom stereocenters. The third kappa shape index (κ3) is 4.74. The van der Waals surface area contributed by atoms with Crippen molar-refractivity contribution in [2.45, 2.75) is 63.0 Å². The van der Waals surface area contributed by atoms with Gasteiger partial charge in [0.15, 0.2) is 0 Å². The fourth-order valence-electron chi connectivity index (χ4n) is 3.57. The summed E-state index contributed by atoms with van der Waals surface area (Å²) in [5.74, 6) is 0.714. The molecule has 0 heterocycles. The molecule has 6 heteroatoms. The van der Waals surface area contributed by atoms with Gasteiger partial charge in [0.1, 0.15) is 18.0 Å². The maximum atomic E-state index is 12.3. The summed E-state index contributed by atoms with van der Waals surface area (Å²) in [6, 6.07) is 16.7. The second-order valence-electron chi connectivity index (χ2n) is 7.73. The van der Waals surface area contributed by atoms with E-state index in [1.54, 1.807) is 13.8 Å². The molecule has 0 aliphatic heterocycles. The summed E-state index contributed by atoms with van der Waals surface area (Å²) >= 11 is 0. The first kappa shape index (κ1) is 20.8. The smallest absolute Gasteiger partial charge is 0.214 e. The lowest BCUT2D eigenvalue weighted by Gasteiger charge is -2.41. The molecule has 5 nitrogen and oxygen atoms in total. The number of sulfonamides is 1. The molecule has 1 saturated carbocycles. The molecular weight excluding hydrogens is 374 g/mol. The predicted octanol–water partition coefficient (Wildman–Crippen LogP) is 3.72. The summed E-state index contributed by atoms with van der Waals surface area (Å²) < 4.78 is 33.2. The van der Waals surface area contributed by atoms with Crippen molar-refractivity contribution in [3.8, 4) is 5.75 Å².